The van der Waals surface area contributed by atoms with Gasteiger partial charge in [0.15, 0.2) is 5.82 Å². The van der Waals surface area contributed by atoms with Crippen LogP contribution in [0.15, 0.2) is 12.1 Å². The summed E-state index contributed by atoms with van der Waals surface area (Å²) in [5.41, 5.74) is 0.744. The van der Waals surface area contributed by atoms with E-state index in [-0.39, 0.29) is 17.1 Å². The van der Waals surface area contributed by atoms with Crippen molar-refractivity contribution >= 4 is 5.69 Å². The fourth-order valence-electron chi connectivity index (χ4n) is 3.45. The van der Waals surface area contributed by atoms with E-state index in [0.717, 1.165) is 12.8 Å². The maximum Gasteiger partial charge on any atom is 0.152 e. The van der Waals surface area contributed by atoms with E-state index in [0.29, 0.717) is 11.5 Å². The van der Waals surface area contributed by atoms with Crippen LogP contribution < -0.4 is 5.32 Å². The number of aryl methyl sites for hydroxylation is 1. The first kappa shape index (κ1) is 14.3. The van der Waals surface area contributed by atoms with Crippen molar-refractivity contribution in [3.05, 3.63) is 29.3 Å². The number of benzene rings is 1. The predicted octanol–water partition coefficient (Wildman–Crippen LogP) is 4.90. The van der Waals surface area contributed by atoms with Crippen LogP contribution in [0.4, 0.5) is 14.5 Å². The van der Waals surface area contributed by atoms with Crippen LogP contribution in [0.2, 0.25) is 0 Å². The highest BCUT2D eigenvalue weighted by molar-refractivity contribution is 5.49. The number of hydrogen-bond acceptors (Lipinski definition) is 1. The molecule has 1 saturated carbocycles. The van der Waals surface area contributed by atoms with Gasteiger partial charge in [0.05, 0.1) is 0 Å². The highest BCUT2D eigenvalue weighted by Gasteiger charge is 2.32. The summed E-state index contributed by atoms with van der Waals surface area (Å²) >= 11 is 0. The van der Waals surface area contributed by atoms with E-state index >= 15 is 0 Å². The second-order valence-electron chi connectivity index (χ2n) is 6.81. The third kappa shape index (κ3) is 3.26. The molecule has 0 spiro atoms. The van der Waals surface area contributed by atoms with Crippen molar-refractivity contribution in [3.8, 4) is 0 Å². The fourth-order valence-corrected chi connectivity index (χ4v) is 3.45. The average molecular weight is 267 g/mol. The number of anilines is 1. The zero-order valence-electron chi connectivity index (χ0n) is 12.2. The smallest absolute Gasteiger partial charge is 0.152 e. The van der Waals surface area contributed by atoms with E-state index in [1.54, 1.807) is 6.92 Å². The van der Waals surface area contributed by atoms with Crippen LogP contribution >= 0.6 is 0 Å². The van der Waals surface area contributed by atoms with Gasteiger partial charge < -0.3 is 5.32 Å². The highest BCUT2D eigenvalue weighted by Crippen LogP contribution is 2.40. The Morgan fingerprint density at radius 2 is 1.89 bits per heavy atom. The summed E-state index contributed by atoms with van der Waals surface area (Å²) in [6.07, 6.45) is 3.09. The molecule has 0 bridgehead atoms. The summed E-state index contributed by atoms with van der Waals surface area (Å²) in [6.45, 7) is 8.31. The van der Waals surface area contributed by atoms with Crippen LogP contribution in [-0.2, 0) is 0 Å². The predicted molar refractivity (Wildman–Crippen MR) is 75.3 cm³/mol. The minimum atomic E-state index is -0.501. The number of hydrogen-bond donors (Lipinski definition) is 1. The zero-order valence-corrected chi connectivity index (χ0v) is 12.2. The summed E-state index contributed by atoms with van der Waals surface area (Å²) in [7, 11) is 0. The SMILES string of the molecule is Cc1ccc(F)c(NC2CC(C)CC(C)(C)C2)c1F. The Hall–Kier alpha value is -1.12. The maximum atomic E-state index is 14.0. The topological polar surface area (TPSA) is 12.0 Å². The molecular weight excluding hydrogens is 244 g/mol. The Labute approximate surface area is 114 Å². The lowest BCUT2D eigenvalue weighted by atomic mass is 9.70. The molecule has 19 heavy (non-hydrogen) atoms. The van der Waals surface area contributed by atoms with Crippen LogP contribution in [0.3, 0.4) is 0 Å². The van der Waals surface area contributed by atoms with Gasteiger partial charge in [-0.25, -0.2) is 8.78 Å². The first-order valence-corrected chi connectivity index (χ1v) is 6.99. The Morgan fingerprint density at radius 1 is 1.21 bits per heavy atom. The van der Waals surface area contributed by atoms with E-state index in [1.807, 2.05) is 0 Å². The minimum Gasteiger partial charge on any atom is -0.378 e. The van der Waals surface area contributed by atoms with E-state index in [1.165, 1.54) is 18.6 Å². The van der Waals surface area contributed by atoms with E-state index in [4.69, 9.17) is 0 Å². The summed E-state index contributed by atoms with van der Waals surface area (Å²) in [6, 6.07) is 2.95. The number of halogens is 2. The summed E-state index contributed by atoms with van der Waals surface area (Å²) < 4.78 is 27.8. The molecule has 3 heteroatoms. The minimum absolute atomic E-state index is 0.0369. The van der Waals surface area contributed by atoms with Crippen molar-refractivity contribution in [1.29, 1.82) is 0 Å². The molecule has 0 saturated heterocycles. The van der Waals surface area contributed by atoms with Gasteiger partial charge >= 0.3 is 0 Å². The molecule has 1 fully saturated rings. The standard InChI is InChI=1S/C16H23F2N/c1-10-7-12(9-16(3,4)8-10)19-15-13(17)6-5-11(2)14(15)18/h5-6,10,12,19H,7-9H2,1-4H3. The molecule has 2 unspecified atom stereocenters. The highest BCUT2D eigenvalue weighted by atomic mass is 19.1. The fraction of sp³-hybridized carbons (Fsp3) is 0.625. The summed E-state index contributed by atoms with van der Waals surface area (Å²) in [5.74, 6) is -0.382. The number of nitrogens with one attached hydrogen (secondary N) is 1. The van der Waals surface area contributed by atoms with E-state index in [9.17, 15) is 8.78 Å². The lowest BCUT2D eigenvalue weighted by molar-refractivity contribution is 0.177. The van der Waals surface area contributed by atoms with Crippen molar-refractivity contribution < 1.29 is 8.78 Å². The second kappa shape index (κ2) is 5.10. The van der Waals surface area contributed by atoms with Gasteiger partial charge in [-0.05, 0) is 49.1 Å². The van der Waals surface area contributed by atoms with Gasteiger partial charge in [0, 0.05) is 6.04 Å². The molecule has 0 heterocycles. The first-order valence-electron chi connectivity index (χ1n) is 6.99. The third-order valence-electron chi connectivity index (χ3n) is 4.02. The molecule has 1 N–H and O–H groups in total. The quantitative estimate of drug-likeness (QED) is 0.803. The van der Waals surface area contributed by atoms with Crippen LogP contribution in [0.25, 0.3) is 0 Å². The molecule has 1 aromatic rings. The molecule has 2 atom stereocenters. The molecule has 0 aliphatic heterocycles. The van der Waals surface area contributed by atoms with Crippen molar-refractivity contribution in [3.63, 3.8) is 0 Å². The van der Waals surface area contributed by atoms with Gasteiger partial charge in [-0.15, -0.1) is 0 Å². The molecule has 0 radical (unpaired) electrons. The largest absolute Gasteiger partial charge is 0.378 e. The van der Waals surface area contributed by atoms with Crippen molar-refractivity contribution in [2.75, 3.05) is 5.32 Å². The van der Waals surface area contributed by atoms with Crippen molar-refractivity contribution in [1.82, 2.24) is 0 Å². The van der Waals surface area contributed by atoms with E-state index in [2.05, 4.69) is 26.1 Å². The van der Waals surface area contributed by atoms with Gasteiger partial charge in [0.25, 0.3) is 0 Å². The Kier molecular flexibility index (Phi) is 3.84. The van der Waals surface area contributed by atoms with Crippen molar-refractivity contribution in [2.24, 2.45) is 11.3 Å². The molecule has 1 nitrogen and oxygen atoms in total. The Bertz CT molecular complexity index is 468. The molecule has 106 valence electrons. The molecule has 1 aromatic carbocycles. The lowest BCUT2D eigenvalue weighted by Crippen LogP contribution is -2.36. The normalized spacial score (nSPS) is 26.2. The molecule has 0 aromatic heterocycles. The van der Waals surface area contributed by atoms with Gasteiger partial charge in [-0.3, -0.25) is 0 Å². The van der Waals surface area contributed by atoms with Crippen LogP contribution in [0.1, 0.15) is 45.6 Å². The molecule has 2 rings (SSSR count). The van der Waals surface area contributed by atoms with Gasteiger partial charge in [0.2, 0.25) is 0 Å². The third-order valence-corrected chi connectivity index (χ3v) is 4.02. The van der Waals surface area contributed by atoms with Crippen LogP contribution in [0.5, 0.6) is 0 Å². The molecular formula is C16H23F2N. The Balaban J connectivity index is 2.19. The number of rotatable bonds is 2. The lowest BCUT2D eigenvalue weighted by Gasteiger charge is -2.39. The maximum absolute atomic E-state index is 14.0. The summed E-state index contributed by atoms with van der Waals surface area (Å²) in [4.78, 5) is 0. The average Bonchev–Trinajstić information content (AvgIpc) is 2.27. The first-order chi connectivity index (χ1) is 8.78. The van der Waals surface area contributed by atoms with Crippen LogP contribution in [0, 0.1) is 29.9 Å². The summed E-state index contributed by atoms with van der Waals surface area (Å²) in [5, 5.41) is 3.09. The van der Waals surface area contributed by atoms with Gasteiger partial charge in [-0.2, -0.15) is 0 Å². The van der Waals surface area contributed by atoms with Gasteiger partial charge in [0.1, 0.15) is 11.5 Å². The van der Waals surface area contributed by atoms with E-state index < -0.39 is 11.6 Å². The van der Waals surface area contributed by atoms with Crippen LogP contribution in [-0.4, -0.2) is 6.04 Å². The zero-order chi connectivity index (χ0) is 14.2. The molecule has 1 aliphatic rings. The monoisotopic (exact) mass is 267 g/mol. The molecule has 1 aliphatic carbocycles. The Morgan fingerprint density at radius 3 is 2.53 bits per heavy atom. The van der Waals surface area contributed by atoms with Gasteiger partial charge in [-0.1, -0.05) is 26.8 Å². The second-order valence-corrected chi connectivity index (χ2v) is 6.81. The molecule has 0 amide bonds. The van der Waals surface area contributed by atoms with Crippen molar-refractivity contribution in [2.45, 2.75) is 53.0 Å².